The summed E-state index contributed by atoms with van der Waals surface area (Å²) in [7, 11) is 0. The summed E-state index contributed by atoms with van der Waals surface area (Å²) < 4.78 is 0. The van der Waals surface area contributed by atoms with Crippen LogP contribution >= 0.6 is 0 Å². The van der Waals surface area contributed by atoms with E-state index in [-0.39, 0.29) is 5.41 Å². The maximum absolute atomic E-state index is 13.4. The Morgan fingerprint density at radius 2 is 1.29 bits per heavy atom. The number of carbonyl (C=O) groups is 1. The third kappa shape index (κ3) is 3.00. The summed E-state index contributed by atoms with van der Waals surface area (Å²) in [5, 5.41) is 0. The molecule has 0 aliphatic heterocycles. The van der Waals surface area contributed by atoms with E-state index in [2.05, 4.69) is 32.6 Å². The van der Waals surface area contributed by atoms with Gasteiger partial charge >= 0.3 is 0 Å². The van der Waals surface area contributed by atoms with E-state index in [1.807, 2.05) is 0 Å². The van der Waals surface area contributed by atoms with Crippen LogP contribution in [0.4, 0.5) is 0 Å². The lowest BCUT2D eigenvalue weighted by molar-refractivity contribution is -0.158. The van der Waals surface area contributed by atoms with Gasteiger partial charge in [0.15, 0.2) is 0 Å². The molecule has 0 radical (unpaired) electrons. The van der Waals surface area contributed by atoms with Crippen LogP contribution in [0.15, 0.2) is 0 Å². The Balaban J connectivity index is 1.78. The molecule has 4 bridgehead atoms. The summed E-state index contributed by atoms with van der Waals surface area (Å²) in [5.41, 5.74) is 0.0402. The van der Waals surface area contributed by atoms with E-state index < -0.39 is 0 Å². The Kier molecular flexibility index (Phi) is 4.09. The lowest BCUT2D eigenvalue weighted by Crippen LogP contribution is -2.55. The average Bonchev–Trinajstić information content (AvgIpc) is 2.34. The lowest BCUT2D eigenvalue weighted by atomic mass is 9.49. The Morgan fingerprint density at radius 1 is 0.905 bits per heavy atom. The molecule has 0 unspecified atom stereocenters. The maximum atomic E-state index is 13.4. The van der Waals surface area contributed by atoms with Crippen LogP contribution < -0.4 is 0 Å². The van der Waals surface area contributed by atoms with Gasteiger partial charge in [-0.15, -0.1) is 0 Å². The number of hydrogen-bond donors (Lipinski definition) is 0. The van der Waals surface area contributed by atoms with Crippen LogP contribution in [0.5, 0.6) is 0 Å². The number of rotatable bonds is 5. The molecule has 4 fully saturated rings. The van der Waals surface area contributed by atoms with Crippen LogP contribution in [0.2, 0.25) is 0 Å². The van der Waals surface area contributed by atoms with Crippen LogP contribution in [0, 0.1) is 35.0 Å². The summed E-state index contributed by atoms with van der Waals surface area (Å²) >= 11 is 0. The molecule has 2 nitrogen and oxygen atoms in total. The van der Waals surface area contributed by atoms with Crippen LogP contribution in [0.25, 0.3) is 0 Å². The topological polar surface area (TPSA) is 20.3 Å². The zero-order valence-corrected chi connectivity index (χ0v) is 14.4. The highest BCUT2D eigenvalue weighted by Crippen LogP contribution is 2.60. The lowest BCUT2D eigenvalue weighted by Gasteiger charge is -2.56. The van der Waals surface area contributed by atoms with Crippen molar-refractivity contribution < 1.29 is 4.79 Å². The van der Waals surface area contributed by atoms with E-state index in [9.17, 15) is 4.79 Å². The van der Waals surface area contributed by atoms with Gasteiger partial charge in [-0.1, -0.05) is 27.7 Å². The molecule has 0 aromatic carbocycles. The second-order valence-electron chi connectivity index (χ2n) is 9.20. The van der Waals surface area contributed by atoms with Crippen LogP contribution in [-0.4, -0.2) is 23.9 Å². The molecule has 0 N–H and O–H groups in total. The first-order chi connectivity index (χ1) is 9.88. The minimum absolute atomic E-state index is 0.0402. The Labute approximate surface area is 130 Å². The van der Waals surface area contributed by atoms with Gasteiger partial charge in [-0.05, 0) is 68.1 Å². The van der Waals surface area contributed by atoms with Crippen molar-refractivity contribution >= 4 is 5.91 Å². The van der Waals surface area contributed by atoms with Crippen LogP contribution in [0.3, 0.4) is 0 Å². The van der Waals surface area contributed by atoms with E-state index in [1.54, 1.807) is 0 Å². The number of nitrogens with zero attached hydrogens (tertiary/aromatic N) is 1. The Hall–Kier alpha value is -0.530. The number of hydrogen-bond acceptors (Lipinski definition) is 1. The highest BCUT2D eigenvalue weighted by atomic mass is 16.2. The molecule has 0 aromatic rings. The van der Waals surface area contributed by atoms with Gasteiger partial charge in [0.1, 0.15) is 0 Å². The van der Waals surface area contributed by atoms with Crippen molar-refractivity contribution in [2.75, 3.05) is 13.1 Å². The molecule has 0 heterocycles. The minimum atomic E-state index is 0.0402. The first-order valence-corrected chi connectivity index (χ1v) is 9.17. The summed E-state index contributed by atoms with van der Waals surface area (Å²) in [6.45, 7) is 10.8. The van der Waals surface area contributed by atoms with Gasteiger partial charge in [0.25, 0.3) is 0 Å². The quantitative estimate of drug-likeness (QED) is 0.737. The van der Waals surface area contributed by atoms with Crippen molar-refractivity contribution in [1.82, 2.24) is 4.90 Å². The van der Waals surface area contributed by atoms with Gasteiger partial charge < -0.3 is 4.90 Å². The molecule has 0 atom stereocenters. The van der Waals surface area contributed by atoms with Crippen molar-refractivity contribution in [2.24, 2.45) is 35.0 Å². The van der Waals surface area contributed by atoms with Gasteiger partial charge in [0, 0.05) is 13.1 Å². The van der Waals surface area contributed by atoms with E-state index >= 15 is 0 Å². The molecule has 4 rings (SSSR count). The first-order valence-electron chi connectivity index (χ1n) is 9.17. The highest BCUT2D eigenvalue weighted by Gasteiger charge is 2.55. The molecule has 120 valence electrons. The normalized spacial score (nSPS) is 37.5. The molecule has 2 heteroatoms. The third-order valence-electron chi connectivity index (χ3n) is 5.95. The Morgan fingerprint density at radius 3 is 1.62 bits per heavy atom. The van der Waals surface area contributed by atoms with Crippen LogP contribution in [0.1, 0.15) is 66.2 Å². The maximum Gasteiger partial charge on any atom is 0.228 e. The largest absolute Gasteiger partial charge is 0.342 e. The second kappa shape index (κ2) is 5.59. The fourth-order valence-electron chi connectivity index (χ4n) is 5.83. The van der Waals surface area contributed by atoms with Crippen molar-refractivity contribution in [3.05, 3.63) is 0 Å². The summed E-state index contributed by atoms with van der Waals surface area (Å²) in [6.07, 6.45) is 7.85. The van der Waals surface area contributed by atoms with E-state index in [4.69, 9.17) is 0 Å². The standard InChI is InChI=1S/C19H33NO/c1-13(2)11-20(12-14(3)4)18(21)19-8-15-5-16(9-19)7-17(6-15)10-19/h13-17H,5-12H2,1-4H3. The van der Waals surface area contributed by atoms with E-state index in [0.717, 1.165) is 30.8 Å². The van der Waals surface area contributed by atoms with Gasteiger partial charge in [-0.25, -0.2) is 0 Å². The van der Waals surface area contributed by atoms with Gasteiger partial charge in [0.2, 0.25) is 5.91 Å². The van der Waals surface area contributed by atoms with Crippen molar-refractivity contribution in [1.29, 1.82) is 0 Å². The zero-order chi connectivity index (χ0) is 15.2. The molecule has 21 heavy (non-hydrogen) atoms. The van der Waals surface area contributed by atoms with Gasteiger partial charge in [-0.2, -0.15) is 0 Å². The zero-order valence-electron chi connectivity index (χ0n) is 14.4. The molecule has 0 aromatic heterocycles. The highest BCUT2D eigenvalue weighted by molar-refractivity contribution is 5.83. The molecule has 1 amide bonds. The SMILES string of the molecule is CC(C)CN(CC(C)C)C(=O)C12CC3CC(CC(C3)C1)C2. The van der Waals surface area contributed by atoms with Crippen molar-refractivity contribution in [2.45, 2.75) is 66.2 Å². The van der Waals surface area contributed by atoms with E-state index in [0.29, 0.717) is 17.7 Å². The molecular weight excluding hydrogens is 258 g/mol. The third-order valence-corrected chi connectivity index (χ3v) is 5.95. The second-order valence-corrected chi connectivity index (χ2v) is 9.20. The smallest absolute Gasteiger partial charge is 0.228 e. The fourth-order valence-corrected chi connectivity index (χ4v) is 5.83. The predicted octanol–water partition coefficient (Wildman–Crippen LogP) is 4.34. The minimum Gasteiger partial charge on any atom is -0.342 e. The van der Waals surface area contributed by atoms with Gasteiger partial charge in [0.05, 0.1) is 5.41 Å². The predicted molar refractivity (Wildman–Crippen MR) is 86.9 cm³/mol. The fraction of sp³-hybridized carbons (Fsp3) is 0.947. The number of amides is 1. The van der Waals surface area contributed by atoms with Crippen molar-refractivity contribution in [3.8, 4) is 0 Å². The molecule has 0 saturated heterocycles. The molecular formula is C19H33NO. The van der Waals surface area contributed by atoms with Crippen LogP contribution in [-0.2, 0) is 4.79 Å². The molecule has 0 spiro atoms. The first kappa shape index (κ1) is 15.4. The summed E-state index contributed by atoms with van der Waals surface area (Å²) in [5.74, 6) is 4.24. The molecule has 4 aliphatic carbocycles. The summed E-state index contributed by atoms with van der Waals surface area (Å²) in [6, 6.07) is 0. The number of carbonyl (C=O) groups excluding carboxylic acids is 1. The average molecular weight is 291 g/mol. The molecule has 4 saturated carbocycles. The van der Waals surface area contributed by atoms with E-state index in [1.165, 1.54) is 38.5 Å². The monoisotopic (exact) mass is 291 g/mol. The van der Waals surface area contributed by atoms with Gasteiger partial charge in [-0.3, -0.25) is 4.79 Å². The van der Waals surface area contributed by atoms with Crippen molar-refractivity contribution in [3.63, 3.8) is 0 Å². The molecule has 4 aliphatic rings. The summed E-state index contributed by atoms with van der Waals surface area (Å²) in [4.78, 5) is 15.6. The Bertz CT molecular complexity index is 353.